The zero-order chi connectivity index (χ0) is 15.0. The first kappa shape index (κ1) is 13.7. The Labute approximate surface area is 123 Å². The van der Waals surface area contributed by atoms with Crippen LogP contribution in [-0.4, -0.2) is 29.1 Å². The Morgan fingerprint density at radius 2 is 2.19 bits per heavy atom. The van der Waals surface area contributed by atoms with Crippen LogP contribution >= 0.6 is 0 Å². The summed E-state index contributed by atoms with van der Waals surface area (Å²) in [6, 6.07) is 2.07. The first-order chi connectivity index (χ1) is 10.1. The van der Waals surface area contributed by atoms with E-state index in [0.29, 0.717) is 5.95 Å². The molecule has 1 atom stereocenters. The Bertz CT molecular complexity index is 735. The molecule has 0 saturated carbocycles. The van der Waals surface area contributed by atoms with Gasteiger partial charge in [0.25, 0.3) is 0 Å². The van der Waals surface area contributed by atoms with Crippen molar-refractivity contribution in [3.05, 3.63) is 24.2 Å². The van der Waals surface area contributed by atoms with Crippen molar-refractivity contribution >= 4 is 17.1 Å². The van der Waals surface area contributed by atoms with E-state index in [4.69, 9.17) is 5.73 Å². The van der Waals surface area contributed by atoms with Crippen molar-refractivity contribution in [3.8, 4) is 0 Å². The lowest BCUT2D eigenvalue weighted by atomic mass is 10.2. The molecule has 0 radical (unpaired) electrons. The maximum absolute atomic E-state index is 6.14. The zero-order valence-electron chi connectivity index (χ0n) is 12.7. The monoisotopic (exact) mass is 287 g/mol. The number of aromatic nitrogens is 6. The van der Waals surface area contributed by atoms with Crippen LogP contribution in [0, 0.1) is 0 Å². The topological polar surface area (TPSA) is 79.5 Å². The molecule has 0 spiro atoms. The summed E-state index contributed by atoms with van der Waals surface area (Å²) in [5.41, 5.74) is 9.07. The molecule has 0 fully saturated rings. The summed E-state index contributed by atoms with van der Waals surface area (Å²) >= 11 is 0. The van der Waals surface area contributed by atoms with Crippen molar-refractivity contribution in [3.63, 3.8) is 0 Å². The van der Waals surface area contributed by atoms with Crippen molar-refractivity contribution in [2.24, 2.45) is 7.05 Å². The van der Waals surface area contributed by atoms with E-state index >= 15 is 0 Å². The maximum atomic E-state index is 6.14. The normalized spacial score (nSPS) is 13.1. The zero-order valence-corrected chi connectivity index (χ0v) is 12.7. The van der Waals surface area contributed by atoms with E-state index in [1.54, 1.807) is 6.20 Å². The van der Waals surface area contributed by atoms with Gasteiger partial charge in [-0.1, -0.05) is 13.3 Å². The number of hydrogen-bond acceptors (Lipinski definition) is 4. The second-order valence-corrected chi connectivity index (χ2v) is 5.41. The number of rotatable bonds is 5. The summed E-state index contributed by atoms with van der Waals surface area (Å²) in [7, 11) is 1.94. The van der Waals surface area contributed by atoms with Crippen LogP contribution in [-0.2, 0) is 20.0 Å². The van der Waals surface area contributed by atoms with Crippen LogP contribution in [0.25, 0.3) is 11.2 Å². The van der Waals surface area contributed by atoms with Gasteiger partial charge in [-0.05, 0) is 19.4 Å². The van der Waals surface area contributed by atoms with Crippen molar-refractivity contribution in [1.82, 2.24) is 29.1 Å². The number of nitrogens with zero attached hydrogens (tertiary/aromatic N) is 6. The minimum atomic E-state index is 0.153. The molecule has 3 rings (SSSR count). The first-order valence-electron chi connectivity index (χ1n) is 7.28. The molecule has 2 N–H and O–H groups in total. The van der Waals surface area contributed by atoms with E-state index in [0.717, 1.165) is 36.2 Å². The molecule has 0 bridgehead atoms. The number of hydrogen-bond donors (Lipinski definition) is 1. The van der Waals surface area contributed by atoms with Gasteiger partial charge < -0.3 is 5.73 Å². The molecule has 0 aliphatic rings. The SMILES string of the molecule is CCCc1nn(C)c2c1nc(N)n2C(C)Cn1cccn1. The maximum Gasteiger partial charge on any atom is 0.202 e. The summed E-state index contributed by atoms with van der Waals surface area (Å²) in [5, 5.41) is 8.83. The van der Waals surface area contributed by atoms with Gasteiger partial charge in [0.15, 0.2) is 5.65 Å². The molecule has 0 aromatic carbocycles. The average Bonchev–Trinajstić information content (AvgIpc) is 3.10. The van der Waals surface area contributed by atoms with Crippen LogP contribution in [0.4, 0.5) is 5.95 Å². The van der Waals surface area contributed by atoms with Crippen molar-refractivity contribution in [1.29, 1.82) is 0 Å². The minimum absolute atomic E-state index is 0.153. The Morgan fingerprint density at radius 1 is 1.38 bits per heavy atom. The number of fused-ring (bicyclic) bond motifs is 1. The molecule has 0 saturated heterocycles. The van der Waals surface area contributed by atoms with E-state index in [-0.39, 0.29) is 6.04 Å². The Balaban J connectivity index is 2.03. The van der Waals surface area contributed by atoms with Crippen LogP contribution in [0.15, 0.2) is 18.5 Å². The third kappa shape index (κ3) is 2.28. The van der Waals surface area contributed by atoms with E-state index in [1.165, 1.54) is 0 Å². The predicted octanol–water partition coefficient (Wildman–Crippen LogP) is 1.76. The third-order valence-corrected chi connectivity index (χ3v) is 3.70. The fourth-order valence-corrected chi connectivity index (χ4v) is 2.82. The standard InChI is InChI=1S/C14H21N7/c1-4-6-11-12-13(19(3)18-11)21(14(15)17-12)10(2)9-20-8-5-7-16-20/h5,7-8,10H,4,6,9H2,1-3H3,(H2,15,17). The van der Waals surface area contributed by atoms with Gasteiger partial charge >= 0.3 is 0 Å². The second kappa shape index (κ2) is 5.23. The van der Waals surface area contributed by atoms with Gasteiger partial charge in [-0.3, -0.25) is 13.9 Å². The van der Waals surface area contributed by atoms with Crippen LogP contribution in [0.5, 0.6) is 0 Å². The van der Waals surface area contributed by atoms with Gasteiger partial charge in [-0.2, -0.15) is 10.2 Å². The summed E-state index contributed by atoms with van der Waals surface area (Å²) in [4.78, 5) is 4.53. The molecule has 1 unspecified atom stereocenters. The number of aryl methyl sites for hydroxylation is 2. The van der Waals surface area contributed by atoms with E-state index < -0.39 is 0 Å². The van der Waals surface area contributed by atoms with Gasteiger partial charge in [0, 0.05) is 19.4 Å². The highest BCUT2D eigenvalue weighted by molar-refractivity contribution is 5.78. The van der Waals surface area contributed by atoms with E-state index in [9.17, 15) is 0 Å². The molecule has 3 aromatic heterocycles. The van der Waals surface area contributed by atoms with Gasteiger partial charge in [0.2, 0.25) is 5.95 Å². The lowest BCUT2D eigenvalue weighted by Crippen LogP contribution is -2.17. The third-order valence-electron chi connectivity index (χ3n) is 3.70. The molecule has 7 heteroatoms. The minimum Gasteiger partial charge on any atom is -0.369 e. The van der Waals surface area contributed by atoms with Crippen molar-refractivity contribution < 1.29 is 0 Å². The highest BCUT2D eigenvalue weighted by atomic mass is 15.4. The van der Waals surface area contributed by atoms with Crippen LogP contribution in [0.2, 0.25) is 0 Å². The predicted molar refractivity (Wildman–Crippen MR) is 81.8 cm³/mol. The van der Waals surface area contributed by atoms with Crippen molar-refractivity contribution in [2.45, 2.75) is 39.3 Å². The molecule has 3 heterocycles. The Hall–Kier alpha value is -2.31. The van der Waals surface area contributed by atoms with Crippen LogP contribution < -0.4 is 5.73 Å². The smallest absolute Gasteiger partial charge is 0.202 e. The lowest BCUT2D eigenvalue weighted by molar-refractivity contribution is 0.444. The summed E-state index contributed by atoms with van der Waals surface area (Å²) in [5.74, 6) is 0.537. The van der Waals surface area contributed by atoms with Crippen molar-refractivity contribution in [2.75, 3.05) is 5.73 Å². The molecule has 21 heavy (non-hydrogen) atoms. The fourth-order valence-electron chi connectivity index (χ4n) is 2.82. The number of nitrogens with two attached hydrogens (primary N) is 1. The largest absolute Gasteiger partial charge is 0.369 e. The number of anilines is 1. The molecule has 112 valence electrons. The molecule has 0 aliphatic heterocycles. The quantitative estimate of drug-likeness (QED) is 0.775. The second-order valence-electron chi connectivity index (χ2n) is 5.41. The summed E-state index contributed by atoms with van der Waals surface area (Å²) in [6.07, 6.45) is 5.69. The number of imidazole rings is 1. The van der Waals surface area contributed by atoms with Crippen LogP contribution in [0.1, 0.15) is 32.0 Å². The fraction of sp³-hybridized carbons (Fsp3) is 0.500. The number of nitrogen functional groups attached to an aromatic ring is 1. The first-order valence-corrected chi connectivity index (χ1v) is 7.28. The van der Waals surface area contributed by atoms with Gasteiger partial charge in [0.05, 0.1) is 18.3 Å². The Morgan fingerprint density at radius 3 is 2.86 bits per heavy atom. The van der Waals surface area contributed by atoms with E-state index in [2.05, 4.69) is 29.0 Å². The van der Waals surface area contributed by atoms with E-state index in [1.807, 2.05) is 33.2 Å². The highest BCUT2D eigenvalue weighted by Crippen LogP contribution is 2.26. The summed E-state index contributed by atoms with van der Waals surface area (Å²) in [6.45, 7) is 5.00. The highest BCUT2D eigenvalue weighted by Gasteiger charge is 2.21. The van der Waals surface area contributed by atoms with Gasteiger partial charge in [-0.25, -0.2) is 4.98 Å². The van der Waals surface area contributed by atoms with Crippen LogP contribution in [0.3, 0.4) is 0 Å². The van der Waals surface area contributed by atoms with Gasteiger partial charge in [0.1, 0.15) is 5.52 Å². The molecule has 7 nitrogen and oxygen atoms in total. The van der Waals surface area contributed by atoms with Gasteiger partial charge in [-0.15, -0.1) is 0 Å². The summed E-state index contributed by atoms with van der Waals surface area (Å²) < 4.78 is 5.83. The Kier molecular flexibility index (Phi) is 3.40. The lowest BCUT2D eigenvalue weighted by Gasteiger charge is -2.16. The molecular weight excluding hydrogens is 266 g/mol. The molecule has 0 aliphatic carbocycles. The average molecular weight is 287 g/mol. The molecular formula is C14H21N7. The molecule has 0 amide bonds. The molecule has 3 aromatic rings.